The van der Waals surface area contributed by atoms with E-state index in [1.807, 2.05) is 0 Å². The Hall–Kier alpha value is -1.50. The molecule has 2 rings (SSSR count). The van der Waals surface area contributed by atoms with Gasteiger partial charge in [0, 0.05) is 14.3 Å². The number of likely N-dealkylation sites (N-methyl/N-ethyl adjacent to an activating group) is 1. The molecule has 5 nitrogen and oxygen atoms in total. The Morgan fingerprint density at radius 1 is 1.24 bits per heavy atom. The molecule has 1 amide bonds. The van der Waals surface area contributed by atoms with Crippen molar-refractivity contribution >= 4 is 19.4 Å². The molecule has 0 bridgehead atoms. The predicted octanol–water partition coefficient (Wildman–Crippen LogP) is 2.29. The maximum absolute atomic E-state index is 12.6. The van der Waals surface area contributed by atoms with Crippen molar-refractivity contribution in [2.45, 2.75) is 31.6 Å². The third-order valence-corrected chi connectivity index (χ3v) is 5.89. The summed E-state index contributed by atoms with van der Waals surface area (Å²) in [4.78, 5) is 24.6. The maximum atomic E-state index is 12.6. The number of carbonyl (C=O) groups excluding carboxylic acids is 2. The summed E-state index contributed by atoms with van der Waals surface area (Å²) >= 11 is 0. The highest BCUT2D eigenvalue weighted by atomic mass is 31.1. The average molecular weight is 376 g/mol. The Morgan fingerprint density at radius 3 is 2.28 bits per heavy atom. The minimum absolute atomic E-state index is 0.0993. The predicted molar refractivity (Wildman–Crippen MR) is 88.3 cm³/mol. The number of carbonyl (C=O) groups is 2. The second kappa shape index (κ2) is 8.25. The Morgan fingerprint density at radius 2 is 1.84 bits per heavy atom. The normalized spacial score (nSPS) is 17.5. The highest BCUT2D eigenvalue weighted by molar-refractivity contribution is 7.75. The summed E-state index contributed by atoms with van der Waals surface area (Å²) in [6.07, 6.45) is -3.51. The van der Waals surface area contributed by atoms with Crippen LogP contribution in [0.2, 0.25) is 0 Å². The SMILES string of the molecule is CN[C@H](C)C(=O)N[C@H](Cc1ccc(C(F)(F)F)cc1)C(=O)P1COC1. The second-order valence-electron chi connectivity index (χ2n) is 5.81. The lowest BCUT2D eigenvalue weighted by molar-refractivity contribution is -0.137. The van der Waals surface area contributed by atoms with Gasteiger partial charge in [0.1, 0.15) is 0 Å². The van der Waals surface area contributed by atoms with E-state index in [0.717, 1.165) is 12.1 Å². The van der Waals surface area contributed by atoms with Gasteiger partial charge in [-0.05, 0) is 31.7 Å². The van der Waals surface area contributed by atoms with Crippen LogP contribution in [0.4, 0.5) is 13.2 Å². The van der Waals surface area contributed by atoms with Crippen LogP contribution in [0.1, 0.15) is 18.1 Å². The molecule has 0 unspecified atom stereocenters. The Labute approximate surface area is 145 Å². The second-order valence-corrected chi connectivity index (χ2v) is 7.85. The van der Waals surface area contributed by atoms with Crippen LogP contribution in [-0.4, -0.2) is 43.3 Å². The Bertz CT molecular complexity index is 618. The number of alkyl halides is 3. The molecular formula is C16H20F3N2O3P. The summed E-state index contributed by atoms with van der Waals surface area (Å²) in [5.41, 5.74) is -0.290. The average Bonchev–Trinajstić information content (AvgIpc) is 2.51. The first-order valence-electron chi connectivity index (χ1n) is 7.72. The molecule has 1 aromatic rings. The summed E-state index contributed by atoms with van der Waals surface area (Å²) in [6.45, 7) is 1.66. The molecule has 2 N–H and O–H groups in total. The summed E-state index contributed by atoms with van der Waals surface area (Å²) in [5, 5.41) is 5.48. The van der Waals surface area contributed by atoms with Crippen LogP contribution in [0.25, 0.3) is 0 Å². The first kappa shape index (κ1) is 19.8. The van der Waals surface area contributed by atoms with Crippen molar-refractivity contribution in [1.29, 1.82) is 0 Å². The van der Waals surface area contributed by atoms with E-state index in [0.29, 0.717) is 18.3 Å². The molecule has 1 aliphatic heterocycles. The van der Waals surface area contributed by atoms with E-state index < -0.39 is 31.7 Å². The van der Waals surface area contributed by atoms with E-state index in [9.17, 15) is 22.8 Å². The monoisotopic (exact) mass is 376 g/mol. The number of hydrogen-bond donors (Lipinski definition) is 2. The van der Waals surface area contributed by atoms with Gasteiger partial charge in [0.25, 0.3) is 0 Å². The first-order valence-corrected chi connectivity index (χ1v) is 9.44. The van der Waals surface area contributed by atoms with E-state index in [1.165, 1.54) is 12.1 Å². The quantitative estimate of drug-likeness (QED) is 0.717. The summed E-state index contributed by atoms with van der Waals surface area (Å²) in [7, 11) is 0.676. The van der Waals surface area contributed by atoms with Gasteiger partial charge in [0.15, 0.2) is 5.52 Å². The molecule has 0 saturated carbocycles. The van der Waals surface area contributed by atoms with E-state index in [-0.39, 0.29) is 17.9 Å². The topological polar surface area (TPSA) is 67.4 Å². The molecule has 1 saturated heterocycles. The van der Waals surface area contributed by atoms with Crippen LogP contribution in [0.3, 0.4) is 0 Å². The number of ether oxygens (including phenoxy) is 1. The van der Waals surface area contributed by atoms with Crippen LogP contribution in [0.15, 0.2) is 24.3 Å². The molecule has 1 aliphatic rings. The smallest absolute Gasteiger partial charge is 0.371 e. The molecule has 0 radical (unpaired) electrons. The van der Waals surface area contributed by atoms with E-state index in [2.05, 4.69) is 10.6 Å². The highest BCUT2D eigenvalue weighted by Crippen LogP contribution is 2.45. The lowest BCUT2D eigenvalue weighted by Crippen LogP contribution is -2.49. The van der Waals surface area contributed by atoms with Crippen LogP contribution in [-0.2, 0) is 26.9 Å². The first-order chi connectivity index (χ1) is 11.7. The molecule has 0 aromatic heterocycles. The van der Waals surface area contributed by atoms with Gasteiger partial charge in [-0.3, -0.25) is 9.59 Å². The fourth-order valence-electron chi connectivity index (χ4n) is 2.22. The molecule has 0 spiro atoms. The fraction of sp³-hybridized carbons (Fsp3) is 0.500. The van der Waals surface area contributed by atoms with Gasteiger partial charge < -0.3 is 15.4 Å². The van der Waals surface area contributed by atoms with Gasteiger partial charge in [-0.15, -0.1) is 0 Å². The van der Waals surface area contributed by atoms with Gasteiger partial charge in [0.2, 0.25) is 5.91 Å². The van der Waals surface area contributed by atoms with Crippen molar-refractivity contribution in [3.8, 4) is 0 Å². The third kappa shape index (κ3) is 5.23. The molecule has 1 fully saturated rings. The van der Waals surface area contributed by atoms with E-state index >= 15 is 0 Å². The highest BCUT2D eigenvalue weighted by Gasteiger charge is 2.34. The van der Waals surface area contributed by atoms with Crippen LogP contribution in [0, 0.1) is 0 Å². The van der Waals surface area contributed by atoms with Gasteiger partial charge >= 0.3 is 6.18 Å². The largest absolute Gasteiger partial charge is 0.416 e. The van der Waals surface area contributed by atoms with Gasteiger partial charge in [-0.1, -0.05) is 12.1 Å². The fourth-order valence-corrected chi connectivity index (χ4v) is 3.44. The van der Waals surface area contributed by atoms with Crippen molar-refractivity contribution in [3.63, 3.8) is 0 Å². The molecule has 138 valence electrons. The lowest BCUT2D eigenvalue weighted by Gasteiger charge is -2.29. The number of rotatable bonds is 7. The van der Waals surface area contributed by atoms with Crippen molar-refractivity contribution < 1.29 is 27.5 Å². The molecule has 0 aliphatic carbocycles. The van der Waals surface area contributed by atoms with E-state index in [4.69, 9.17) is 4.74 Å². The number of halogens is 3. The standard InChI is InChI=1S/C16H20F3N2O3P/c1-10(20-2)14(22)21-13(15(23)25-8-24-9-25)7-11-3-5-12(6-4-11)16(17,18)19/h3-6,10,13,20H,7-9H2,1-2H3,(H,21,22)/t10-,13-/m1/s1. The number of amides is 1. The van der Waals surface area contributed by atoms with Crippen LogP contribution in [0.5, 0.6) is 0 Å². The van der Waals surface area contributed by atoms with Crippen molar-refractivity contribution in [2.75, 3.05) is 19.7 Å². The zero-order chi connectivity index (χ0) is 18.6. The van der Waals surface area contributed by atoms with Gasteiger partial charge in [-0.2, -0.15) is 13.2 Å². The Kier molecular flexibility index (Phi) is 6.54. The van der Waals surface area contributed by atoms with Gasteiger partial charge in [-0.25, -0.2) is 0 Å². The third-order valence-electron chi connectivity index (χ3n) is 3.97. The summed E-state index contributed by atoms with van der Waals surface area (Å²) in [5.74, 6) is -0.329. The molecule has 9 heteroatoms. The van der Waals surface area contributed by atoms with Crippen LogP contribution >= 0.6 is 7.92 Å². The summed E-state index contributed by atoms with van der Waals surface area (Å²) < 4.78 is 43.0. The molecule has 25 heavy (non-hydrogen) atoms. The molecule has 1 aromatic carbocycles. The zero-order valence-corrected chi connectivity index (χ0v) is 14.8. The van der Waals surface area contributed by atoms with Crippen molar-refractivity contribution in [3.05, 3.63) is 35.4 Å². The minimum Gasteiger partial charge on any atom is -0.371 e. The number of nitrogens with one attached hydrogen (secondary N) is 2. The maximum Gasteiger partial charge on any atom is 0.416 e. The van der Waals surface area contributed by atoms with Crippen molar-refractivity contribution in [2.24, 2.45) is 0 Å². The summed E-state index contributed by atoms with van der Waals surface area (Å²) in [6, 6.07) is 3.38. The molecule has 1 heterocycles. The van der Waals surface area contributed by atoms with Gasteiger partial charge in [0.05, 0.1) is 30.3 Å². The van der Waals surface area contributed by atoms with E-state index in [1.54, 1.807) is 14.0 Å². The van der Waals surface area contributed by atoms with Crippen molar-refractivity contribution in [1.82, 2.24) is 10.6 Å². The molecule has 2 atom stereocenters. The lowest BCUT2D eigenvalue weighted by atomic mass is 10.0. The minimum atomic E-state index is -4.41. The molecular weight excluding hydrogens is 356 g/mol. The number of hydrogen-bond acceptors (Lipinski definition) is 4. The zero-order valence-electron chi connectivity index (χ0n) is 13.9. The van der Waals surface area contributed by atoms with Crippen LogP contribution < -0.4 is 10.6 Å². The number of benzene rings is 1. The Balaban J connectivity index is 2.11.